The molecule has 1 aliphatic rings. The van der Waals surface area contributed by atoms with Crippen LogP contribution in [0.2, 0.25) is 0 Å². The van der Waals surface area contributed by atoms with E-state index in [9.17, 15) is 10.1 Å². The van der Waals surface area contributed by atoms with Crippen LogP contribution in [0.3, 0.4) is 0 Å². The van der Waals surface area contributed by atoms with Crippen molar-refractivity contribution in [2.75, 3.05) is 19.8 Å². The van der Waals surface area contributed by atoms with Gasteiger partial charge in [0, 0.05) is 30.5 Å². The molecule has 1 N–H and O–H groups in total. The monoisotopic (exact) mass is 456 g/mol. The Kier molecular flexibility index (Phi) is 7.41. The van der Waals surface area contributed by atoms with Gasteiger partial charge in [0.1, 0.15) is 23.1 Å². The molecular formula is C27H28N4O3. The van der Waals surface area contributed by atoms with E-state index in [0.29, 0.717) is 31.0 Å². The molecule has 7 nitrogen and oxygen atoms in total. The lowest BCUT2D eigenvalue weighted by Gasteiger charge is -2.10. The van der Waals surface area contributed by atoms with Crippen molar-refractivity contribution in [3.63, 3.8) is 0 Å². The number of ether oxygens (including phenoxy) is 2. The predicted octanol–water partition coefficient (Wildman–Crippen LogP) is 4.45. The summed E-state index contributed by atoms with van der Waals surface area (Å²) in [5.41, 5.74) is 4.12. The van der Waals surface area contributed by atoms with Crippen LogP contribution in [0.1, 0.15) is 30.9 Å². The number of hydrogen-bond acceptors (Lipinski definition) is 5. The van der Waals surface area contributed by atoms with Crippen LogP contribution in [-0.2, 0) is 9.53 Å². The smallest absolute Gasteiger partial charge is 0.262 e. The number of amides is 1. The largest absolute Gasteiger partial charge is 0.494 e. The van der Waals surface area contributed by atoms with Gasteiger partial charge in [-0.3, -0.25) is 4.79 Å². The van der Waals surface area contributed by atoms with Crippen molar-refractivity contribution in [3.8, 4) is 28.8 Å². The molecule has 1 aromatic heterocycles. The minimum atomic E-state index is -0.417. The number of nitriles is 1. The second-order valence-corrected chi connectivity index (χ2v) is 8.14. The molecule has 0 spiro atoms. The second-order valence-electron chi connectivity index (χ2n) is 8.14. The maximum Gasteiger partial charge on any atom is 0.262 e. The maximum atomic E-state index is 12.7. The molecule has 4 rings (SSSR count). The normalized spacial score (nSPS) is 15.7. The fourth-order valence-corrected chi connectivity index (χ4v) is 3.96. The first-order valence-electron chi connectivity index (χ1n) is 11.5. The summed E-state index contributed by atoms with van der Waals surface area (Å²) in [6, 6.07) is 17.6. The number of hydrogen-bond donors (Lipinski definition) is 1. The third-order valence-corrected chi connectivity index (χ3v) is 5.69. The fourth-order valence-electron chi connectivity index (χ4n) is 3.96. The third kappa shape index (κ3) is 5.36. The van der Waals surface area contributed by atoms with Crippen molar-refractivity contribution in [3.05, 3.63) is 71.4 Å². The van der Waals surface area contributed by atoms with Gasteiger partial charge < -0.3 is 14.8 Å². The van der Waals surface area contributed by atoms with Gasteiger partial charge in [0.15, 0.2) is 0 Å². The van der Waals surface area contributed by atoms with Gasteiger partial charge in [0.2, 0.25) is 0 Å². The molecule has 174 valence electrons. The fraction of sp³-hybridized carbons (Fsp3) is 0.296. The minimum Gasteiger partial charge on any atom is -0.494 e. The highest BCUT2D eigenvalue weighted by molar-refractivity contribution is 6.02. The van der Waals surface area contributed by atoms with Crippen LogP contribution >= 0.6 is 0 Å². The minimum absolute atomic E-state index is 0.00659. The number of benzene rings is 2. The SMILES string of the molecule is CCOc1ccc(-c2nn(-c3ccccc3)cc2C=C(C#N)C(=O)NCC2CCCO2)cc1C. The third-order valence-electron chi connectivity index (χ3n) is 5.69. The summed E-state index contributed by atoms with van der Waals surface area (Å²) in [5, 5.41) is 17.3. The Morgan fingerprint density at radius 1 is 1.32 bits per heavy atom. The zero-order chi connectivity index (χ0) is 23.9. The molecule has 2 heterocycles. The highest BCUT2D eigenvalue weighted by atomic mass is 16.5. The van der Waals surface area contributed by atoms with E-state index in [-0.39, 0.29) is 11.7 Å². The average molecular weight is 457 g/mol. The summed E-state index contributed by atoms with van der Waals surface area (Å²) in [6.45, 7) is 5.63. The van der Waals surface area contributed by atoms with Gasteiger partial charge in [0.25, 0.3) is 5.91 Å². The van der Waals surface area contributed by atoms with Crippen molar-refractivity contribution in [2.45, 2.75) is 32.8 Å². The topological polar surface area (TPSA) is 89.2 Å². The molecule has 0 aliphatic carbocycles. The Bertz CT molecular complexity index is 1220. The highest BCUT2D eigenvalue weighted by Crippen LogP contribution is 2.30. The summed E-state index contributed by atoms with van der Waals surface area (Å²) in [7, 11) is 0. The van der Waals surface area contributed by atoms with E-state index in [1.807, 2.05) is 74.6 Å². The predicted molar refractivity (Wildman–Crippen MR) is 130 cm³/mol. The van der Waals surface area contributed by atoms with Crippen LogP contribution in [0.4, 0.5) is 0 Å². The molecule has 1 atom stereocenters. The van der Waals surface area contributed by atoms with Gasteiger partial charge in [-0.1, -0.05) is 18.2 Å². The van der Waals surface area contributed by atoms with Gasteiger partial charge >= 0.3 is 0 Å². The Labute approximate surface area is 199 Å². The second kappa shape index (κ2) is 10.8. The van der Waals surface area contributed by atoms with Crippen LogP contribution < -0.4 is 10.1 Å². The summed E-state index contributed by atoms with van der Waals surface area (Å²) in [5.74, 6) is 0.399. The molecule has 7 heteroatoms. The van der Waals surface area contributed by atoms with E-state index in [0.717, 1.165) is 35.4 Å². The van der Waals surface area contributed by atoms with E-state index >= 15 is 0 Å². The number of rotatable bonds is 8. The lowest BCUT2D eigenvalue weighted by Crippen LogP contribution is -2.32. The first-order chi connectivity index (χ1) is 16.6. The van der Waals surface area contributed by atoms with Gasteiger partial charge in [-0.25, -0.2) is 4.68 Å². The standard InChI is InChI=1S/C27H28N4O3/c1-3-33-25-12-11-20(14-19(25)2)26-22(18-31(30-26)23-8-5-4-6-9-23)15-21(16-28)27(32)29-17-24-10-7-13-34-24/h4-6,8-9,11-12,14-15,18,24H,3,7,10,13,17H2,1-2H3,(H,29,32). The summed E-state index contributed by atoms with van der Waals surface area (Å²) in [6.07, 6.45) is 5.34. The summed E-state index contributed by atoms with van der Waals surface area (Å²) < 4.78 is 13.0. The molecule has 0 saturated carbocycles. The van der Waals surface area contributed by atoms with Crippen molar-refractivity contribution in [1.29, 1.82) is 5.26 Å². The number of carbonyl (C=O) groups is 1. The van der Waals surface area contributed by atoms with Crippen LogP contribution in [0.5, 0.6) is 5.75 Å². The molecule has 1 unspecified atom stereocenters. The van der Waals surface area contributed by atoms with Gasteiger partial charge in [-0.2, -0.15) is 10.4 Å². The average Bonchev–Trinajstić information content (AvgIpc) is 3.53. The molecule has 0 bridgehead atoms. The number of para-hydroxylation sites is 1. The zero-order valence-corrected chi connectivity index (χ0v) is 19.5. The van der Waals surface area contributed by atoms with Crippen molar-refractivity contribution < 1.29 is 14.3 Å². The van der Waals surface area contributed by atoms with E-state index in [2.05, 4.69) is 5.32 Å². The highest BCUT2D eigenvalue weighted by Gasteiger charge is 2.19. The van der Waals surface area contributed by atoms with E-state index in [4.69, 9.17) is 14.6 Å². The first kappa shape index (κ1) is 23.3. The van der Waals surface area contributed by atoms with E-state index in [1.54, 1.807) is 10.8 Å². The van der Waals surface area contributed by atoms with Crippen LogP contribution in [0.25, 0.3) is 23.0 Å². The maximum absolute atomic E-state index is 12.7. The zero-order valence-electron chi connectivity index (χ0n) is 19.5. The quantitative estimate of drug-likeness (QED) is 0.400. The first-order valence-corrected chi connectivity index (χ1v) is 11.5. The lowest BCUT2D eigenvalue weighted by molar-refractivity contribution is -0.117. The van der Waals surface area contributed by atoms with Gasteiger partial charge in [-0.05, 0) is 68.7 Å². The van der Waals surface area contributed by atoms with Crippen LogP contribution in [0.15, 0.2) is 60.3 Å². The Hall–Kier alpha value is -3.89. The number of aromatic nitrogens is 2. The molecule has 3 aromatic rings. The van der Waals surface area contributed by atoms with Crippen molar-refractivity contribution >= 4 is 12.0 Å². The molecule has 1 fully saturated rings. The Morgan fingerprint density at radius 3 is 2.82 bits per heavy atom. The van der Waals surface area contributed by atoms with E-state index in [1.165, 1.54) is 0 Å². The molecule has 1 amide bonds. The van der Waals surface area contributed by atoms with Gasteiger partial charge in [-0.15, -0.1) is 0 Å². The Morgan fingerprint density at radius 2 is 2.15 bits per heavy atom. The summed E-state index contributed by atoms with van der Waals surface area (Å²) >= 11 is 0. The summed E-state index contributed by atoms with van der Waals surface area (Å²) in [4.78, 5) is 12.7. The van der Waals surface area contributed by atoms with Gasteiger partial charge in [0.05, 0.1) is 18.4 Å². The molecule has 0 radical (unpaired) electrons. The molecule has 1 aliphatic heterocycles. The molecular weight excluding hydrogens is 428 g/mol. The lowest BCUT2D eigenvalue weighted by atomic mass is 10.0. The molecule has 2 aromatic carbocycles. The number of aryl methyl sites for hydroxylation is 1. The van der Waals surface area contributed by atoms with Crippen molar-refractivity contribution in [2.24, 2.45) is 0 Å². The van der Waals surface area contributed by atoms with Crippen LogP contribution in [-0.4, -0.2) is 41.6 Å². The number of nitrogens with one attached hydrogen (secondary N) is 1. The Balaban J connectivity index is 1.69. The van der Waals surface area contributed by atoms with Crippen LogP contribution in [0, 0.1) is 18.3 Å². The molecule has 1 saturated heterocycles. The van der Waals surface area contributed by atoms with E-state index < -0.39 is 5.91 Å². The molecule has 34 heavy (non-hydrogen) atoms. The number of carbonyl (C=O) groups excluding carboxylic acids is 1. The number of nitrogens with zero attached hydrogens (tertiary/aromatic N) is 3. The van der Waals surface area contributed by atoms with Crippen molar-refractivity contribution in [1.82, 2.24) is 15.1 Å².